The maximum atomic E-state index is 12.8. The number of nitrogens with zero attached hydrogens (tertiary/aromatic N) is 5. The maximum Gasteiger partial charge on any atom is 0.229 e. The van der Waals surface area contributed by atoms with Crippen molar-refractivity contribution in [3.8, 4) is 11.3 Å². The molecule has 27 heavy (non-hydrogen) atoms. The topological polar surface area (TPSA) is 85.6 Å². The molecule has 0 saturated heterocycles. The Balaban J connectivity index is 1.48. The number of aryl methyl sites for hydroxylation is 2. The van der Waals surface area contributed by atoms with E-state index < -0.39 is 0 Å². The number of nitrogens with one attached hydrogen (secondary N) is 1. The fourth-order valence-corrected chi connectivity index (χ4v) is 3.92. The Hall–Kier alpha value is -3.09. The summed E-state index contributed by atoms with van der Waals surface area (Å²) in [6.45, 7) is 6.16. The largest absolute Gasteiger partial charge is 0.309 e. The van der Waals surface area contributed by atoms with Crippen LogP contribution >= 0.6 is 0 Å². The van der Waals surface area contributed by atoms with Crippen LogP contribution in [0.4, 0.5) is 5.82 Å². The third-order valence-corrected chi connectivity index (χ3v) is 5.38. The van der Waals surface area contributed by atoms with Crippen LogP contribution in [0, 0.1) is 18.3 Å². The molecule has 1 amide bonds. The molecule has 7 nitrogen and oxygen atoms in total. The van der Waals surface area contributed by atoms with Gasteiger partial charge in [-0.15, -0.1) is 10.2 Å². The number of carbonyl (C=O) groups excluding carboxylic acids is 1. The van der Waals surface area contributed by atoms with Crippen molar-refractivity contribution < 1.29 is 4.79 Å². The minimum Gasteiger partial charge on any atom is -0.309 e. The number of hydrogen-bond acceptors (Lipinski definition) is 5. The first-order chi connectivity index (χ1) is 12.9. The fraction of sp³-hybridized carbons (Fsp3) is 0.350. The number of rotatable bonds is 4. The molecule has 2 atom stereocenters. The Labute approximate surface area is 157 Å². The van der Waals surface area contributed by atoms with Gasteiger partial charge in [-0.05, 0) is 42.2 Å². The predicted molar refractivity (Wildman–Crippen MR) is 102 cm³/mol. The van der Waals surface area contributed by atoms with Crippen LogP contribution in [0.5, 0.6) is 0 Å². The number of carbonyl (C=O) groups is 1. The molecule has 1 aliphatic rings. The SMILES string of the molecule is Cc1nn(C)cc1-c1ccc(NC(=O)[C@@H]2[C@@H](c3ccncc3)C2(C)C)nn1. The minimum atomic E-state index is -0.0954. The van der Waals surface area contributed by atoms with Gasteiger partial charge in [-0.3, -0.25) is 14.5 Å². The molecule has 3 heterocycles. The summed E-state index contributed by atoms with van der Waals surface area (Å²) >= 11 is 0. The zero-order chi connectivity index (χ0) is 19.2. The number of hydrogen-bond donors (Lipinski definition) is 1. The molecule has 3 aromatic heterocycles. The lowest BCUT2D eigenvalue weighted by Crippen LogP contribution is -2.18. The molecular formula is C20H22N6O. The Bertz CT molecular complexity index is 977. The Morgan fingerprint density at radius 2 is 1.89 bits per heavy atom. The summed E-state index contributed by atoms with van der Waals surface area (Å²) in [5, 5.41) is 15.6. The highest BCUT2D eigenvalue weighted by Gasteiger charge is 2.62. The smallest absolute Gasteiger partial charge is 0.229 e. The van der Waals surface area contributed by atoms with E-state index in [0.717, 1.165) is 22.5 Å². The first-order valence-electron chi connectivity index (χ1n) is 8.93. The van der Waals surface area contributed by atoms with Gasteiger partial charge in [-0.1, -0.05) is 13.8 Å². The summed E-state index contributed by atoms with van der Waals surface area (Å²) < 4.78 is 1.75. The van der Waals surface area contributed by atoms with Crippen LogP contribution in [0.15, 0.2) is 42.9 Å². The van der Waals surface area contributed by atoms with E-state index in [9.17, 15) is 4.79 Å². The lowest BCUT2D eigenvalue weighted by atomic mass is 10.0. The van der Waals surface area contributed by atoms with Crippen molar-refractivity contribution >= 4 is 11.7 Å². The lowest BCUT2D eigenvalue weighted by Gasteiger charge is -2.05. The molecule has 1 aliphatic carbocycles. The van der Waals surface area contributed by atoms with Gasteiger partial charge < -0.3 is 5.32 Å². The lowest BCUT2D eigenvalue weighted by molar-refractivity contribution is -0.118. The first-order valence-corrected chi connectivity index (χ1v) is 8.93. The molecule has 0 radical (unpaired) electrons. The summed E-state index contributed by atoms with van der Waals surface area (Å²) in [4.78, 5) is 16.8. The second-order valence-corrected chi connectivity index (χ2v) is 7.65. The third-order valence-electron chi connectivity index (χ3n) is 5.38. The van der Waals surface area contributed by atoms with E-state index >= 15 is 0 Å². The van der Waals surface area contributed by atoms with Gasteiger partial charge >= 0.3 is 0 Å². The number of anilines is 1. The van der Waals surface area contributed by atoms with Crippen LogP contribution in [0.1, 0.15) is 31.0 Å². The zero-order valence-electron chi connectivity index (χ0n) is 15.8. The van der Waals surface area contributed by atoms with Crippen molar-refractivity contribution in [1.82, 2.24) is 25.0 Å². The molecule has 1 fully saturated rings. The summed E-state index contributed by atoms with van der Waals surface area (Å²) in [5.74, 6) is 0.524. The van der Waals surface area contributed by atoms with Gasteiger partial charge in [0.25, 0.3) is 0 Å². The van der Waals surface area contributed by atoms with Crippen molar-refractivity contribution in [1.29, 1.82) is 0 Å². The Morgan fingerprint density at radius 1 is 1.15 bits per heavy atom. The molecule has 0 spiro atoms. The van der Waals surface area contributed by atoms with Crippen LogP contribution in [0.25, 0.3) is 11.3 Å². The summed E-state index contributed by atoms with van der Waals surface area (Å²) in [6, 6.07) is 7.59. The Morgan fingerprint density at radius 3 is 2.48 bits per heavy atom. The van der Waals surface area contributed by atoms with Gasteiger partial charge in [0, 0.05) is 37.1 Å². The van der Waals surface area contributed by atoms with Gasteiger partial charge in [0.05, 0.1) is 17.3 Å². The number of aromatic nitrogens is 5. The van der Waals surface area contributed by atoms with Gasteiger partial charge in [0.2, 0.25) is 5.91 Å². The number of amides is 1. The second kappa shape index (κ2) is 6.26. The predicted octanol–water partition coefficient (Wildman–Crippen LogP) is 2.96. The average Bonchev–Trinajstić information content (AvgIpc) is 3.07. The molecule has 1 saturated carbocycles. The van der Waals surface area contributed by atoms with E-state index in [2.05, 4.69) is 39.4 Å². The van der Waals surface area contributed by atoms with E-state index in [1.165, 1.54) is 0 Å². The highest BCUT2D eigenvalue weighted by Crippen LogP contribution is 2.64. The molecule has 7 heteroatoms. The third kappa shape index (κ3) is 3.09. The molecule has 138 valence electrons. The van der Waals surface area contributed by atoms with Gasteiger partial charge in [-0.25, -0.2) is 0 Å². The molecule has 0 bridgehead atoms. The van der Waals surface area contributed by atoms with E-state index in [1.807, 2.05) is 38.4 Å². The molecular weight excluding hydrogens is 340 g/mol. The normalized spacial score (nSPS) is 20.3. The van der Waals surface area contributed by atoms with Crippen LogP contribution in [-0.2, 0) is 11.8 Å². The highest BCUT2D eigenvalue weighted by atomic mass is 16.2. The second-order valence-electron chi connectivity index (χ2n) is 7.65. The number of pyridine rings is 1. The van der Waals surface area contributed by atoms with Crippen LogP contribution < -0.4 is 5.32 Å². The Kier molecular flexibility index (Phi) is 4.02. The van der Waals surface area contributed by atoms with Crippen molar-refractivity contribution in [2.75, 3.05) is 5.32 Å². The van der Waals surface area contributed by atoms with Crippen LogP contribution in [0.2, 0.25) is 0 Å². The van der Waals surface area contributed by atoms with Gasteiger partial charge in [-0.2, -0.15) is 5.10 Å². The molecule has 1 N–H and O–H groups in total. The minimum absolute atomic E-state index is 0.0265. The quantitative estimate of drug-likeness (QED) is 0.771. The standard InChI is InChI=1S/C20H22N6O/c1-12-14(11-26(4)25-12)15-5-6-16(24-23-15)22-19(27)18-17(20(18,2)3)13-7-9-21-10-8-13/h5-11,17-18H,1-4H3,(H,22,24,27)/t17-,18+/m1/s1. The maximum absolute atomic E-state index is 12.8. The van der Waals surface area contributed by atoms with Crippen molar-refractivity contribution in [2.45, 2.75) is 26.7 Å². The first kappa shape index (κ1) is 17.3. The highest BCUT2D eigenvalue weighted by molar-refractivity contribution is 5.95. The fourth-order valence-electron chi connectivity index (χ4n) is 3.92. The monoisotopic (exact) mass is 362 g/mol. The van der Waals surface area contributed by atoms with Crippen LogP contribution in [-0.4, -0.2) is 30.9 Å². The summed E-state index contributed by atoms with van der Waals surface area (Å²) in [6.07, 6.45) is 5.44. The summed E-state index contributed by atoms with van der Waals surface area (Å²) in [5.41, 5.74) is 3.61. The summed E-state index contributed by atoms with van der Waals surface area (Å²) in [7, 11) is 1.87. The van der Waals surface area contributed by atoms with Gasteiger partial charge in [0.1, 0.15) is 0 Å². The molecule has 4 rings (SSSR count). The van der Waals surface area contributed by atoms with E-state index in [0.29, 0.717) is 5.82 Å². The van der Waals surface area contributed by atoms with Crippen LogP contribution in [0.3, 0.4) is 0 Å². The molecule has 0 unspecified atom stereocenters. The van der Waals surface area contributed by atoms with E-state index in [4.69, 9.17) is 0 Å². The molecule has 3 aromatic rings. The zero-order valence-corrected chi connectivity index (χ0v) is 15.8. The van der Waals surface area contributed by atoms with E-state index in [1.54, 1.807) is 23.1 Å². The van der Waals surface area contributed by atoms with Crippen molar-refractivity contribution in [3.63, 3.8) is 0 Å². The van der Waals surface area contributed by atoms with Crippen molar-refractivity contribution in [3.05, 3.63) is 54.1 Å². The average molecular weight is 362 g/mol. The molecule has 0 aromatic carbocycles. The van der Waals surface area contributed by atoms with Gasteiger partial charge in [0.15, 0.2) is 5.82 Å². The van der Waals surface area contributed by atoms with Crippen molar-refractivity contribution in [2.24, 2.45) is 18.4 Å². The molecule has 0 aliphatic heterocycles. The van der Waals surface area contributed by atoms with E-state index in [-0.39, 0.29) is 23.2 Å².